The van der Waals surface area contributed by atoms with E-state index in [0.29, 0.717) is 0 Å². The summed E-state index contributed by atoms with van der Waals surface area (Å²) in [5, 5.41) is 0. The van der Waals surface area contributed by atoms with Crippen molar-refractivity contribution in [2.75, 3.05) is 0 Å². The molecular weight excluding hydrogens is 170 g/mol. The molecule has 0 saturated heterocycles. The Morgan fingerprint density at radius 2 is 1.93 bits per heavy atom. The molecule has 0 saturated carbocycles. The summed E-state index contributed by atoms with van der Waals surface area (Å²) in [5.74, 6) is 0. The summed E-state index contributed by atoms with van der Waals surface area (Å²) >= 11 is 0. The molecule has 0 aliphatic rings. The Hall–Kier alpha value is -1.63. The van der Waals surface area contributed by atoms with Gasteiger partial charge < -0.3 is 0 Å². The van der Waals surface area contributed by atoms with Gasteiger partial charge in [0.15, 0.2) is 0 Å². The number of hydrogen-bond acceptors (Lipinski definition) is 1. The van der Waals surface area contributed by atoms with E-state index >= 15 is 0 Å². The monoisotopic (exact) mass is 185 g/mol. The Morgan fingerprint density at radius 3 is 2.64 bits per heavy atom. The molecule has 0 atom stereocenters. The van der Waals surface area contributed by atoms with Crippen molar-refractivity contribution in [3.8, 4) is 0 Å². The quantitative estimate of drug-likeness (QED) is 0.654. The largest absolute Gasteiger partial charge is 0.256 e. The number of hydrogen-bond donors (Lipinski definition) is 0. The van der Waals surface area contributed by atoms with Crippen LogP contribution in [-0.4, -0.2) is 4.98 Å². The van der Waals surface area contributed by atoms with Crippen LogP contribution in [0.3, 0.4) is 0 Å². The van der Waals surface area contributed by atoms with Gasteiger partial charge in [-0.05, 0) is 31.6 Å². The van der Waals surface area contributed by atoms with Gasteiger partial charge in [0.05, 0.1) is 5.69 Å². The van der Waals surface area contributed by atoms with Gasteiger partial charge in [0.1, 0.15) is 0 Å². The molecule has 0 radical (unpaired) electrons. The third-order valence-corrected chi connectivity index (χ3v) is 1.78. The topological polar surface area (TPSA) is 12.9 Å². The van der Waals surface area contributed by atoms with E-state index in [0.717, 1.165) is 11.3 Å². The summed E-state index contributed by atoms with van der Waals surface area (Å²) in [4.78, 5) is 4.30. The van der Waals surface area contributed by atoms with Gasteiger partial charge in [-0.15, -0.1) is 0 Å². The van der Waals surface area contributed by atoms with E-state index in [1.165, 1.54) is 0 Å². The minimum absolute atomic E-state index is 1.00. The van der Waals surface area contributed by atoms with Gasteiger partial charge in [-0.25, -0.2) is 0 Å². The molecule has 0 bridgehead atoms. The third-order valence-electron chi connectivity index (χ3n) is 1.78. The maximum atomic E-state index is 4.30. The van der Waals surface area contributed by atoms with Crippen LogP contribution in [-0.2, 0) is 0 Å². The van der Waals surface area contributed by atoms with Gasteiger partial charge in [-0.1, -0.05) is 36.4 Å². The Balaban J connectivity index is 2.95. The Kier molecular flexibility index (Phi) is 4.42. The fourth-order valence-corrected chi connectivity index (χ4v) is 1.15. The van der Waals surface area contributed by atoms with E-state index in [1.54, 1.807) is 0 Å². The maximum Gasteiger partial charge on any atom is 0.0701 e. The average Bonchev–Trinajstić information content (AvgIpc) is 2.21. The Labute approximate surface area is 85.5 Å². The second-order valence-electron chi connectivity index (χ2n) is 2.86. The number of pyridine rings is 1. The fourth-order valence-electron chi connectivity index (χ4n) is 1.15. The zero-order valence-corrected chi connectivity index (χ0v) is 8.64. The standard InChI is InChI=1S/C13H15N/c1-3-5-6-10-13-12(8-4-2)9-7-11-14-13/h3-11H,1-2H3/b5-3-,8-4+,10-6-. The van der Waals surface area contributed by atoms with E-state index < -0.39 is 0 Å². The molecule has 0 aromatic carbocycles. The lowest BCUT2D eigenvalue weighted by Gasteiger charge is -1.97. The van der Waals surface area contributed by atoms with Crippen LogP contribution in [0, 0.1) is 0 Å². The number of allylic oxidation sites excluding steroid dienone is 4. The molecule has 0 amide bonds. The smallest absolute Gasteiger partial charge is 0.0701 e. The van der Waals surface area contributed by atoms with E-state index in [4.69, 9.17) is 0 Å². The minimum atomic E-state index is 1.00. The van der Waals surface area contributed by atoms with Crippen LogP contribution < -0.4 is 0 Å². The first-order valence-corrected chi connectivity index (χ1v) is 4.75. The average molecular weight is 185 g/mol. The molecule has 0 spiro atoms. The lowest BCUT2D eigenvalue weighted by Crippen LogP contribution is -1.84. The third kappa shape index (κ3) is 3.02. The van der Waals surface area contributed by atoms with Crippen molar-refractivity contribution >= 4 is 12.2 Å². The van der Waals surface area contributed by atoms with Crippen molar-refractivity contribution in [1.82, 2.24) is 4.98 Å². The summed E-state index contributed by atoms with van der Waals surface area (Å²) in [6.45, 7) is 4.00. The van der Waals surface area contributed by atoms with E-state index in [-0.39, 0.29) is 0 Å². The minimum Gasteiger partial charge on any atom is -0.256 e. The van der Waals surface area contributed by atoms with Gasteiger partial charge in [-0.2, -0.15) is 0 Å². The lowest BCUT2D eigenvalue weighted by molar-refractivity contribution is 1.28. The van der Waals surface area contributed by atoms with Crippen molar-refractivity contribution in [2.45, 2.75) is 13.8 Å². The van der Waals surface area contributed by atoms with Crippen LogP contribution in [0.15, 0.2) is 42.6 Å². The molecule has 0 fully saturated rings. The van der Waals surface area contributed by atoms with Gasteiger partial charge >= 0.3 is 0 Å². The number of nitrogens with zero attached hydrogens (tertiary/aromatic N) is 1. The second kappa shape index (κ2) is 5.92. The first kappa shape index (κ1) is 10.5. The van der Waals surface area contributed by atoms with Crippen LogP contribution >= 0.6 is 0 Å². The van der Waals surface area contributed by atoms with Crippen LogP contribution in [0.2, 0.25) is 0 Å². The van der Waals surface area contributed by atoms with Crippen LogP contribution in [0.4, 0.5) is 0 Å². The van der Waals surface area contributed by atoms with Crippen molar-refractivity contribution in [3.63, 3.8) is 0 Å². The normalized spacial score (nSPS) is 12.1. The molecule has 1 nitrogen and oxygen atoms in total. The van der Waals surface area contributed by atoms with Crippen molar-refractivity contribution in [1.29, 1.82) is 0 Å². The van der Waals surface area contributed by atoms with Gasteiger partial charge in [0.25, 0.3) is 0 Å². The summed E-state index contributed by atoms with van der Waals surface area (Å²) in [5.41, 5.74) is 2.15. The molecule has 1 heteroatoms. The highest BCUT2D eigenvalue weighted by Gasteiger charge is 1.93. The van der Waals surface area contributed by atoms with Gasteiger partial charge in [0, 0.05) is 6.20 Å². The predicted octanol–water partition coefficient (Wildman–Crippen LogP) is 3.70. The molecule has 0 unspecified atom stereocenters. The van der Waals surface area contributed by atoms with Gasteiger partial charge in [0.2, 0.25) is 0 Å². The van der Waals surface area contributed by atoms with Crippen molar-refractivity contribution in [2.24, 2.45) is 0 Å². The molecule has 14 heavy (non-hydrogen) atoms. The van der Waals surface area contributed by atoms with Crippen molar-refractivity contribution in [3.05, 3.63) is 53.9 Å². The molecule has 0 N–H and O–H groups in total. The fraction of sp³-hybridized carbons (Fsp3) is 0.154. The highest BCUT2D eigenvalue weighted by Crippen LogP contribution is 2.09. The number of rotatable bonds is 3. The molecule has 1 aromatic rings. The Morgan fingerprint density at radius 1 is 1.07 bits per heavy atom. The summed E-state index contributed by atoms with van der Waals surface area (Å²) in [7, 11) is 0. The first-order chi connectivity index (χ1) is 6.88. The van der Waals surface area contributed by atoms with Crippen LogP contribution in [0.1, 0.15) is 25.1 Å². The molecule has 1 rings (SSSR count). The van der Waals surface area contributed by atoms with E-state index in [1.807, 2.05) is 56.5 Å². The summed E-state index contributed by atoms with van der Waals surface area (Å²) in [6.07, 6.45) is 13.9. The zero-order chi connectivity index (χ0) is 10.2. The summed E-state index contributed by atoms with van der Waals surface area (Å²) in [6, 6.07) is 4.00. The molecular formula is C13H15N. The molecule has 1 heterocycles. The molecule has 0 aliphatic carbocycles. The lowest BCUT2D eigenvalue weighted by atomic mass is 10.1. The highest BCUT2D eigenvalue weighted by atomic mass is 14.7. The van der Waals surface area contributed by atoms with Crippen LogP contribution in [0.5, 0.6) is 0 Å². The van der Waals surface area contributed by atoms with E-state index in [2.05, 4.69) is 17.1 Å². The van der Waals surface area contributed by atoms with Crippen LogP contribution in [0.25, 0.3) is 12.2 Å². The molecule has 0 aliphatic heterocycles. The van der Waals surface area contributed by atoms with Gasteiger partial charge in [-0.3, -0.25) is 4.98 Å². The highest BCUT2D eigenvalue weighted by molar-refractivity contribution is 5.62. The Bertz CT molecular complexity index is 359. The zero-order valence-electron chi connectivity index (χ0n) is 8.64. The molecule has 72 valence electrons. The van der Waals surface area contributed by atoms with E-state index in [9.17, 15) is 0 Å². The summed E-state index contributed by atoms with van der Waals surface area (Å²) < 4.78 is 0. The SMILES string of the molecule is C/C=C\C=C/c1ncccc1/C=C/C. The first-order valence-electron chi connectivity index (χ1n) is 4.75. The van der Waals surface area contributed by atoms with Crippen molar-refractivity contribution < 1.29 is 0 Å². The predicted molar refractivity (Wildman–Crippen MR) is 62.8 cm³/mol. The maximum absolute atomic E-state index is 4.30. The molecule has 1 aromatic heterocycles. The second-order valence-corrected chi connectivity index (χ2v) is 2.86. The number of aromatic nitrogens is 1.